The second kappa shape index (κ2) is 7.72. The monoisotopic (exact) mass is 432 g/mol. The summed E-state index contributed by atoms with van der Waals surface area (Å²) in [5, 5.41) is 2.04. The zero-order valence-corrected chi connectivity index (χ0v) is 16.7. The van der Waals surface area contributed by atoms with Crippen molar-refractivity contribution in [1.29, 1.82) is 0 Å². The number of rotatable bonds is 4. The van der Waals surface area contributed by atoms with Gasteiger partial charge in [0.05, 0.1) is 16.9 Å². The molecule has 0 saturated heterocycles. The molecular formula is C21H14F2O4S2. The Balaban J connectivity index is 2.24. The first-order valence-corrected chi connectivity index (χ1v) is 10.6. The molecule has 29 heavy (non-hydrogen) atoms. The van der Waals surface area contributed by atoms with Gasteiger partial charge in [-0.15, -0.1) is 0 Å². The van der Waals surface area contributed by atoms with Crippen LogP contribution >= 0.6 is 0 Å². The minimum atomic E-state index is -2.38. The molecule has 0 heterocycles. The van der Waals surface area contributed by atoms with E-state index in [0.717, 1.165) is 0 Å². The molecule has 2 unspecified atom stereocenters. The fourth-order valence-electron chi connectivity index (χ4n) is 3.45. The summed E-state index contributed by atoms with van der Waals surface area (Å²) in [4.78, 5) is 0.324. The van der Waals surface area contributed by atoms with Gasteiger partial charge in [0.1, 0.15) is 11.6 Å². The van der Waals surface area contributed by atoms with Gasteiger partial charge in [-0.1, -0.05) is 24.3 Å². The minimum Gasteiger partial charge on any atom is -0.302 e. The van der Waals surface area contributed by atoms with Crippen molar-refractivity contribution in [2.24, 2.45) is 0 Å². The van der Waals surface area contributed by atoms with Gasteiger partial charge in [-0.3, -0.25) is 4.18 Å². The third-order valence-electron chi connectivity index (χ3n) is 4.66. The van der Waals surface area contributed by atoms with Gasteiger partial charge in [0.2, 0.25) is 0 Å². The van der Waals surface area contributed by atoms with Crippen LogP contribution in [-0.4, -0.2) is 20.1 Å². The second-order valence-electron chi connectivity index (χ2n) is 6.26. The largest absolute Gasteiger partial charge is 0.302 e. The van der Waals surface area contributed by atoms with Crippen molar-refractivity contribution in [2.75, 3.05) is 7.11 Å². The van der Waals surface area contributed by atoms with E-state index in [1.54, 1.807) is 12.1 Å². The fraction of sp³-hybridized carbons (Fsp3) is 0.0476. The van der Waals surface area contributed by atoms with Gasteiger partial charge in [-0.2, -0.15) is 0 Å². The molecule has 4 aromatic carbocycles. The first-order chi connectivity index (χ1) is 13.9. The quantitative estimate of drug-likeness (QED) is 0.451. The summed E-state index contributed by atoms with van der Waals surface area (Å²) in [6.07, 6.45) is 0. The highest BCUT2D eigenvalue weighted by Crippen LogP contribution is 2.41. The molecule has 4 rings (SSSR count). The van der Waals surface area contributed by atoms with Gasteiger partial charge >= 0.3 is 0 Å². The molecule has 1 N–H and O–H groups in total. The number of hydrogen-bond donors (Lipinski definition) is 1. The molecule has 4 nitrogen and oxygen atoms in total. The molecule has 0 bridgehead atoms. The van der Waals surface area contributed by atoms with Crippen LogP contribution in [0, 0.1) is 11.6 Å². The van der Waals surface area contributed by atoms with Crippen molar-refractivity contribution < 1.29 is 25.9 Å². The highest BCUT2D eigenvalue weighted by Gasteiger charge is 2.22. The van der Waals surface area contributed by atoms with E-state index in [4.69, 9.17) is 4.18 Å². The molecule has 2 atom stereocenters. The van der Waals surface area contributed by atoms with Crippen molar-refractivity contribution in [3.05, 3.63) is 72.3 Å². The van der Waals surface area contributed by atoms with E-state index < -0.39 is 33.8 Å². The lowest BCUT2D eigenvalue weighted by Gasteiger charge is -2.17. The zero-order chi connectivity index (χ0) is 20.7. The molecule has 0 amide bonds. The maximum absolute atomic E-state index is 13.8. The number of benzene rings is 4. The summed E-state index contributed by atoms with van der Waals surface area (Å²) in [6.45, 7) is 0. The lowest BCUT2D eigenvalue weighted by molar-refractivity contribution is 0.446. The zero-order valence-electron chi connectivity index (χ0n) is 15.0. The van der Waals surface area contributed by atoms with E-state index >= 15 is 0 Å². The highest BCUT2D eigenvalue weighted by molar-refractivity contribution is 7.80. The maximum atomic E-state index is 13.8. The van der Waals surface area contributed by atoms with Gasteiger partial charge < -0.3 is 4.55 Å². The Hall–Kier alpha value is -2.52. The molecule has 148 valence electrons. The van der Waals surface area contributed by atoms with Crippen LogP contribution in [0.2, 0.25) is 0 Å². The van der Waals surface area contributed by atoms with Gasteiger partial charge in [0.15, 0.2) is 22.2 Å². The summed E-state index contributed by atoms with van der Waals surface area (Å²) >= 11 is -4.26. The van der Waals surface area contributed by atoms with Crippen LogP contribution in [0.15, 0.2) is 70.5 Å². The van der Waals surface area contributed by atoms with Crippen LogP contribution in [0.3, 0.4) is 0 Å². The lowest BCUT2D eigenvalue weighted by Crippen LogP contribution is -2.01. The third-order valence-corrected chi connectivity index (χ3v) is 6.37. The molecule has 0 radical (unpaired) electrons. The van der Waals surface area contributed by atoms with Crippen molar-refractivity contribution in [1.82, 2.24) is 0 Å². The summed E-state index contributed by atoms with van der Waals surface area (Å²) in [5.41, 5.74) is 0.693. The standard InChI is InChI=1S/C21H14F2O4S2/c1-27-29(26)19-9-3-13-11-15(23)5-7-17(13)21(19)20-16-6-4-14(22)10-12(16)2-8-18(20)28(24)25/h2-11H,1H3,(H,24,25). The smallest absolute Gasteiger partial charge is 0.189 e. The van der Waals surface area contributed by atoms with E-state index in [1.807, 2.05) is 0 Å². The van der Waals surface area contributed by atoms with Crippen LogP contribution in [0.1, 0.15) is 0 Å². The Labute approximate surface area is 170 Å². The second-order valence-corrected chi connectivity index (χ2v) is 8.44. The normalized spacial score (nSPS) is 13.7. The first-order valence-electron chi connectivity index (χ1n) is 8.42. The Morgan fingerprint density at radius 2 is 1.24 bits per heavy atom. The van der Waals surface area contributed by atoms with Gasteiger partial charge in [0.25, 0.3) is 0 Å². The molecule has 8 heteroatoms. The van der Waals surface area contributed by atoms with E-state index in [1.165, 1.54) is 55.6 Å². The molecule has 0 fully saturated rings. The SMILES string of the molecule is COS(=O)c1ccc2cc(F)ccc2c1-c1c(S(=O)O)ccc2cc(F)ccc12. The van der Waals surface area contributed by atoms with Crippen LogP contribution in [0.25, 0.3) is 32.7 Å². The molecule has 0 aliphatic carbocycles. The van der Waals surface area contributed by atoms with E-state index in [2.05, 4.69) is 0 Å². The molecule has 0 aromatic heterocycles. The predicted octanol–water partition coefficient (Wildman–Crippen LogP) is 5.19. The lowest BCUT2D eigenvalue weighted by atomic mass is 9.93. The Kier molecular flexibility index (Phi) is 5.26. The summed E-state index contributed by atoms with van der Waals surface area (Å²) < 4.78 is 67.2. The minimum absolute atomic E-state index is 0.0651. The van der Waals surface area contributed by atoms with Crippen molar-refractivity contribution in [3.8, 4) is 11.1 Å². The van der Waals surface area contributed by atoms with Crippen molar-refractivity contribution >= 4 is 43.7 Å². The predicted molar refractivity (Wildman–Crippen MR) is 109 cm³/mol. The summed E-state index contributed by atoms with van der Waals surface area (Å²) in [5.74, 6) is -0.906. The Morgan fingerprint density at radius 1 is 0.759 bits per heavy atom. The van der Waals surface area contributed by atoms with Crippen molar-refractivity contribution in [2.45, 2.75) is 9.79 Å². The summed E-state index contributed by atoms with van der Waals surface area (Å²) in [6, 6.07) is 14.2. The molecular weight excluding hydrogens is 418 g/mol. The third kappa shape index (κ3) is 3.49. The van der Waals surface area contributed by atoms with E-state index in [-0.39, 0.29) is 9.79 Å². The number of halogens is 2. The average Bonchev–Trinajstić information content (AvgIpc) is 2.71. The molecule has 0 aliphatic heterocycles. The number of hydrogen-bond acceptors (Lipinski definition) is 3. The molecule has 0 aliphatic rings. The van der Waals surface area contributed by atoms with Crippen LogP contribution in [-0.2, 0) is 26.3 Å². The number of fused-ring (bicyclic) bond motifs is 2. The Morgan fingerprint density at radius 3 is 1.72 bits per heavy atom. The topological polar surface area (TPSA) is 63.6 Å². The fourth-order valence-corrected chi connectivity index (χ4v) is 4.76. The van der Waals surface area contributed by atoms with Crippen LogP contribution < -0.4 is 0 Å². The van der Waals surface area contributed by atoms with Gasteiger partial charge in [0, 0.05) is 11.1 Å². The van der Waals surface area contributed by atoms with Gasteiger partial charge in [-0.25, -0.2) is 17.2 Å². The first kappa shape index (κ1) is 19.8. The molecule has 4 aromatic rings. The van der Waals surface area contributed by atoms with E-state index in [0.29, 0.717) is 32.7 Å². The van der Waals surface area contributed by atoms with Crippen molar-refractivity contribution in [3.63, 3.8) is 0 Å². The molecule has 0 spiro atoms. The molecule has 0 saturated carbocycles. The Bertz CT molecular complexity index is 1320. The maximum Gasteiger partial charge on any atom is 0.189 e. The van der Waals surface area contributed by atoms with E-state index in [9.17, 15) is 21.8 Å². The van der Waals surface area contributed by atoms with Gasteiger partial charge in [-0.05, 0) is 57.9 Å². The summed E-state index contributed by atoms with van der Waals surface area (Å²) in [7, 11) is 1.28. The average molecular weight is 432 g/mol. The highest BCUT2D eigenvalue weighted by atomic mass is 32.2. The van der Waals surface area contributed by atoms with Crippen LogP contribution in [0.5, 0.6) is 0 Å². The van der Waals surface area contributed by atoms with Crippen LogP contribution in [0.4, 0.5) is 8.78 Å².